The molecule has 15 nitrogen and oxygen atoms in total. The Balaban J connectivity index is 0.831. The number of likely N-dealkylation sites (tertiary alicyclic amines) is 3. The van der Waals surface area contributed by atoms with Crippen molar-refractivity contribution in [1.82, 2.24) is 35.6 Å². The van der Waals surface area contributed by atoms with E-state index in [1.165, 1.54) is 11.8 Å². The van der Waals surface area contributed by atoms with Crippen LogP contribution in [0.5, 0.6) is 5.75 Å². The summed E-state index contributed by atoms with van der Waals surface area (Å²) in [5, 5.41) is 29.5. The van der Waals surface area contributed by atoms with Crippen LogP contribution in [0.3, 0.4) is 0 Å². The zero-order valence-corrected chi connectivity index (χ0v) is 47.3. The lowest BCUT2D eigenvalue weighted by Gasteiger charge is -2.63. The average molecular weight is 1090 g/mol. The molecule has 0 unspecified atom stereocenters. The van der Waals surface area contributed by atoms with Crippen LogP contribution >= 0.6 is 22.9 Å². The summed E-state index contributed by atoms with van der Waals surface area (Å²) in [6.07, 6.45) is 2.46. The summed E-state index contributed by atoms with van der Waals surface area (Å²) in [5.74, 6) is 6.17. The van der Waals surface area contributed by atoms with Crippen LogP contribution in [0.15, 0.2) is 72.2 Å². The van der Waals surface area contributed by atoms with E-state index in [1.54, 1.807) is 35.0 Å². The third kappa shape index (κ3) is 12.8. The predicted molar refractivity (Wildman–Crippen MR) is 298 cm³/mol. The fourth-order valence-corrected chi connectivity index (χ4v) is 13.2. The molecule has 5 amide bonds. The van der Waals surface area contributed by atoms with Crippen molar-refractivity contribution < 1.29 is 33.8 Å². The second kappa shape index (κ2) is 23.3. The number of piperidine rings is 2. The number of carbonyl (C=O) groups excluding carboxylic acids is 5. The maximum absolute atomic E-state index is 14.3. The summed E-state index contributed by atoms with van der Waals surface area (Å²) in [5.41, 5.74) is 4.82. The second-order valence-electron chi connectivity index (χ2n) is 23.6. The molecule has 8 rings (SSSR count). The van der Waals surface area contributed by atoms with E-state index in [2.05, 4.69) is 71.4 Å². The van der Waals surface area contributed by atoms with Gasteiger partial charge in [-0.15, -0.1) is 11.3 Å². The van der Waals surface area contributed by atoms with Gasteiger partial charge in [0.15, 0.2) is 0 Å². The van der Waals surface area contributed by atoms with Gasteiger partial charge in [-0.05, 0) is 98.6 Å². The summed E-state index contributed by atoms with van der Waals surface area (Å²) in [6.45, 7) is 20.1. The third-order valence-electron chi connectivity index (χ3n) is 16.2. The minimum atomic E-state index is -0.995. The van der Waals surface area contributed by atoms with Crippen LogP contribution in [-0.4, -0.2) is 123 Å². The molecule has 4 aliphatic rings. The first-order valence-corrected chi connectivity index (χ1v) is 28.1. The second-order valence-corrected chi connectivity index (χ2v) is 24.9. The molecule has 0 radical (unpaired) electrons. The van der Waals surface area contributed by atoms with Gasteiger partial charge < -0.3 is 40.5 Å². The Bertz CT molecular complexity index is 2920. The lowest BCUT2D eigenvalue weighted by molar-refractivity contribution is -0.164. The number of nitriles is 1. The van der Waals surface area contributed by atoms with Gasteiger partial charge in [0.2, 0.25) is 23.6 Å². The van der Waals surface area contributed by atoms with E-state index in [4.69, 9.17) is 16.3 Å². The summed E-state index contributed by atoms with van der Waals surface area (Å²) >= 11 is 7.82. The number of aryl methyl sites for hydroxylation is 1. The fraction of sp³-hybridized carbons (Fsp3) is 0.517. The molecule has 1 saturated carbocycles. The lowest BCUT2D eigenvalue weighted by atomic mass is 9.49. The Kier molecular flexibility index (Phi) is 17.3. The van der Waals surface area contributed by atoms with Gasteiger partial charge in [-0.3, -0.25) is 24.0 Å². The zero-order valence-electron chi connectivity index (χ0n) is 45.7. The quantitative estimate of drug-likeness (QED) is 0.0951. The van der Waals surface area contributed by atoms with Gasteiger partial charge in [-0.1, -0.05) is 96.2 Å². The number of rotatable bonds is 13. The normalized spacial score (nSPS) is 22.3. The molecule has 4 aromatic rings. The minimum Gasteiger partial charge on any atom is -0.489 e. The molecule has 17 heteroatoms. The topological polar surface area (TPSA) is 197 Å². The maximum Gasteiger partial charge on any atom is 0.251 e. The van der Waals surface area contributed by atoms with Crippen molar-refractivity contribution in [3.63, 3.8) is 0 Å². The molecule has 4 heterocycles. The largest absolute Gasteiger partial charge is 0.489 e. The number of hydrogen-bond donors (Lipinski definition) is 4. The van der Waals surface area contributed by atoms with Crippen LogP contribution in [-0.2, 0) is 19.2 Å². The predicted octanol–water partition coefficient (Wildman–Crippen LogP) is 8.07. The highest BCUT2D eigenvalue weighted by atomic mass is 35.5. The standard InChI is InChI=1S/C60H73ClN8O7S/c1-36-51(77-35-63-36)41-18-16-40(17-19-41)48(65-54(74)49-30-45(71)34-69(49)55(75)52(58(3,4)5)64-37(2)70)32-50(72)68-28-24-44(25-29-68)67-26-22-39(23-27-67)11-10-38-12-14-42(15-13-38)53(73)66-56-59(6,7)57(60(56,8)9)76-46-21-20-43(33-62)47(61)31-46/h12-21,31,35,39,44-45,48-49,52,56-57,71H,22-30,32,34H2,1-9H3,(H,64,70)(H,65,74)(H,66,73)/t45-,48+,49+,52-,56?,57?/m1/s1. The van der Waals surface area contributed by atoms with Crippen molar-refractivity contribution in [2.75, 3.05) is 32.7 Å². The van der Waals surface area contributed by atoms with E-state index in [-0.39, 0.29) is 66.0 Å². The first-order chi connectivity index (χ1) is 36.4. The molecule has 0 spiro atoms. The van der Waals surface area contributed by atoms with Gasteiger partial charge in [0, 0.05) is 79.0 Å². The number of thiazole rings is 1. The highest BCUT2D eigenvalue weighted by Crippen LogP contribution is 2.55. The van der Waals surface area contributed by atoms with Crippen LogP contribution in [0.1, 0.15) is 133 Å². The molecule has 77 heavy (non-hydrogen) atoms. The van der Waals surface area contributed by atoms with E-state index in [9.17, 15) is 34.3 Å². The van der Waals surface area contributed by atoms with Crippen molar-refractivity contribution in [2.45, 2.75) is 143 Å². The number of nitrogens with one attached hydrogen (secondary N) is 3. The molecule has 3 aliphatic heterocycles. The zero-order chi connectivity index (χ0) is 55.6. The van der Waals surface area contributed by atoms with E-state index >= 15 is 0 Å². The van der Waals surface area contributed by atoms with Crippen molar-refractivity contribution in [2.24, 2.45) is 22.2 Å². The smallest absolute Gasteiger partial charge is 0.251 e. The Morgan fingerprint density at radius 1 is 0.922 bits per heavy atom. The van der Waals surface area contributed by atoms with Crippen LogP contribution in [0.2, 0.25) is 5.02 Å². The van der Waals surface area contributed by atoms with Crippen LogP contribution in [0.25, 0.3) is 10.4 Å². The Hall–Kier alpha value is -6.30. The SMILES string of the molecule is CC(=O)N[C@H](C(=O)N1C[C@H](O)C[C@H]1C(=O)N[C@@H](CC(=O)N1CCC(N2CCC(C#Cc3ccc(C(=O)NC4C(C)(C)C(Oc5ccc(C#N)c(Cl)c5)C4(C)C)cc3)CC2)CC1)c1ccc(-c2scnc2C)cc1)C(C)(C)C. The first-order valence-electron chi connectivity index (χ1n) is 26.8. The molecule has 1 aliphatic carbocycles. The highest BCUT2D eigenvalue weighted by molar-refractivity contribution is 7.13. The van der Waals surface area contributed by atoms with Gasteiger partial charge in [0.05, 0.1) is 45.2 Å². The number of aromatic nitrogens is 1. The number of β-amino-alcohol motifs (C(OH)–C–C–N with tert-alkyl or cyclic N) is 1. The van der Waals surface area contributed by atoms with Crippen molar-refractivity contribution >= 4 is 52.5 Å². The van der Waals surface area contributed by atoms with E-state index in [0.717, 1.165) is 66.0 Å². The van der Waals surface area contributed by atoms with E-state index in [0.29, 0.717) is 41.0 Å². The van der Waals surface area contributed by atoms with Gasteiger partial charge in [-0.2, -0.15) is 5.26 Å². The molecule has 4 fully saturated rings. The first kappa shape index (κ1) is 56.9. The van der Waals surface area contributed by atoms with Gasteiger partial charge in [-0.25, -0.2) is 4.98 Å². The number of halogens is 1. The number of carbonyl (C=O) groups is 5. The fourth-order valence-electron chi connectivity index (χ4n) is 12.2. The van der Waals surface area contributed by atoms with Crippen molar-refractivity contribution in [3.8, 4) is 34.1 Å². The van der Waals surface area contributed by atoms with E-state index in [1.807, 2.05) is 81.1 Å². The molecular weight excluding hydrogens is 1010 g/mol. The maximum atomic E-state index is 14.3. The summed E-state index contributed by atoms with van der Waals surface area (Å²) in [6, 6.07) is 19.9. The molecule has 4 atom stereocenters. The molecule has 0 bridgehead atoms. The monoisotopic (exact) mass is 1080 g/mol. The number of aliphatic hydroxyl groups is 1. The molecule has 3 saturated heterocycles. The summed E-state index contributed by atoms with van der Waals surface area (Å²) < 4.78 is 6.39. The minimum absolute atomic E-state index is 0.0158. The van der Waals surface area contributed by atoms with Crippen molar-refractivity contribution in [3.05, 3.63) is 105 Å². The third-order valence-corrected chi connectivity index (χ3v) is 17.5. The molecular formula is C60H73ClN8O7S. The summed E-state index contributed by atoms with van der Waals surface area (Å²) in [4.78, 5) is 79.5. The van der Waals surface area contributed by atoms with Crippen LogP contribution in [0.4, 0.5) is 0 Å². The number of aliphatic hydroxyl groups excluding tert-OH is 1. The molecule has 408 valence electrons. The Labute approximate surface area is 462 Å². The Morgan fingerprint density at radius 2 is 1.58 bits per heavy atom. The average Bonchev–Trinajstić information content (AvgIpc) is 4.09. The van der Waals surface area contributed by atoms with E-state index < -0.39 is 41.5 Å². The number of benzene rings is 3. The van der Waals surface area contributed by atoms with Gasteiger partial charge in [0.1, 0.15) is 30.0 Å². The molecule has 4 N–H and O–H groups in total. The highest BCUT2D eigenvalue weighted by Gasteiger charge is 2.64. The number of hydrogen-bond acceptors (Lipinski definition) is 11. The molecule has 1 aromatic heterocycles. The van der Waals surface area contributed by atoms with Crippen LogP contribution < -0.4 is 20.7 Å². The Morgan fingerprint density at radius 3 is 2.17 bits per heavy atom. The van der Waals surface area contributed by atoms with Crippen molar-refractivity contribution in [1.29, 1.82) is 5.26 Å². The number of nitrogens with zero attached hydrogens (tertiary/aromatic N) is 5. The number of amides is 5. The number of ether oxygens (including phenoxy) is 1. The van der Waals surface area contributed by atoms with Gasteiger partial charge in [0.25, 0.3) is 5.91 Å². The van der Waals surface area contributed by atoms with Crippen LogP contribution in [0, 0.1) is 52.3 Å². The van der Waals surface area contributed by atoms with Gasteiger partial charge >= 0.3 is 0 Å². The summed E-state index contributed by atoms with van der Waals surface area (Å²) in [7, 11) is 0. The molecule has 3 aromatic carbocycles. The lowest BCUT2D eigenvalue weighted by Crippen LogP contribution is -2.74.